The Morgan fingerprint density at radius 2 is 2.08 bits per heavy atom. The Hall–Kier alpha value is -2.40. The highest BCUT2D eigenvalue weighted by Crippen LogP contribution is 2.49. The van der Waals surface area contributed by atoms with E-state index in [1.54, 1.807) is 0 Å². The van der Waals surface area contributed by atoms with Crippen LogP contribution in [0.2, 0.25) is 5.02 Å². The lowest BCUT2D eigenvalue weighted by molar-refractivity contribution is 0.154. The first kappa shape index (κ1) is 17.0. The van der Waals surface area contributed by atoms with E-state index in [9.17, 15) is 4.79 Å². The van der Waals surface area contributed by atoms with E-state index in [0.29, 0.717) is 10.9 Å². The zero-order valence-corrected chi connectivity index (χ0v) is 15.5. The molecule has 1 amide bonds. The van der Waals surface area contributed by atoms with Gasteiger partial charge < -0.3 is 19.7 Å². The van der Waals surface area contributed by atoms with Crippen molar-refractivity contribution in [3.63, 3.8) is 0 Å². The molecule has 1 saturated heterocycles. The largest absolute Gasteiger partial charge is 0.455 e. The molecule has 0 aliphatic carbocycles. The highest BCUT2D eigenvalue weighted by Gasteiger charge is 2.42. The Balaban J connectivity index is 1.87. The lowest BCUT2D eigenvalue weighted by Gasteiger charge is -2.45. The minimum atomic E-state index is -0.419. The van der Waals surface area contributed by atoms with Crippen molar-refractivity contribution in [1.82, 2.24) is 5.32 Å². The third-order valence-electron chi connectivity index (χ3n) is 5.27. The first-order valence-electron chi connectivity index (χ1n) is 8.76. The zero-order chi connectivity index (χ0) is 18.3. The van der Waals surface area contributed by atoms with E-state index in [1.165, 1.54) is 7.11 Å². The Bertz CT molecular complexity index is 842. The van der Waals surface area contributed by atoms with E-state index in [-0.39, 0.29) is 12.1 Å². The van der Waals surface area contributed by atoms with Gasteiger partial charge in [0.05, 0.1) is 24.9 Å². The standard InChI is InChI=1S/C20H21ClN2O3/c1-12-9-10-23-15-11-13(21)7-8-17(15)26-16-6-4-3-5-14(16)19(23)18(12)22-20(24)25-2/h3-8,11-12,18-19H,9-10H2,1-2H3,(H,22,24)/t12-,18+,19-/m0/s1. The number of nitrogens with one attached hydrogen (secondary N) is 1. The molecule has 4 rings (SSSR count). The fourth-order valence-electron chi connectivity index (χ4n) is 3.95. The van der Waals surface area contributed by atoms with Crippen LogP contribution in [0.3, 0.4) is 0 Å². The van der Waals surface area contributed by atoms with Crippen LogP contribution in [0.15, 0.2) is 42.5 Å². The van der Waals surface area contributed by atoms with Crippen molar-refractivity contribution in [2.45, 2.75) is 25.4 Å². The van der Waals surface area contributed by atoms with Gasteiger partial charge >= 0.3 is 6.09 Å². The van der Waals surface area contributed by atoms with E-state index in [4.69, 9.17) is 21.1 Å². The number of methoxy groups -OCH3 is 1. The maximum Gasteiger partial charge on any atom is 0.407 e. The molecular weight excluding hydrogens is 352 g/mol. The molecule has 2 heterocycles. The Labute approximate surface area is 157 Å². The normalized spacial score (nSPS) is 23.7. The number of carbonyl (C=O) groups excluding carboxylic acids is 1. The summed E-state index contributed by atoms with van der Waals surface area (Å²) in [6, 6.07) is 13.5. The molecule has 0 unspecified atom stereocenters. The van der Waals surface area contributed by atoms with Crippen molar-refractivity contribution in [2.75, 3.05) is 18.6 Å². The van der Waals surface area contributed by atoms with Crippen LogP contribution < -0.4 is 15.0 Å². The van der Waals surface area contributed by atoms with E-state index in [1.807, 2.05) is 36.4 Å². The smallest absolute Gasteiger partial charge is 0.407 e. The molecule has 3 atom stereocenters. The molecule has 1 fully saturated rings. The Kier molecular flexibility index (Phi) is 4.41. The van der Waals surface area contributed by atoms with Crippen LogP contribution >= 0.6 is 11.6 Å². The summed E-state index contributed by atoms with van der Waals surface area (Å²) in [6.07, 6.45) is 0.525. The molecule has 1 N–H and O–H groups in total. The summed E-state index contributed by atoms with van der Waals surface area (Å²) in [6.45, 7) is 3.02. The lowest BCUT2D eigenvalue weighted by atomic mass is 9.82. The van der Waals surface area contributed by atoms with Crippen LogP contribution in [0.5, 0.6) is 11.5 Å². The SMILES string of the molecule is COC(=O)N[C@@H]1[C@@H](C)CCN2c3cc(Cl)ccc3Oc3ccccc3[C@@H]12. The number of benzene rings is 2. The minimum absolute atomic E-state index is 0.0613. The maximum atomic E-state index is 12.0. The number of alkyl carbamates (subject to hydrolysis) is 1. The van der Waals surface area contributed by atoms with Gasteiger partial charge in [-0.25, -0.2) is 4.79 Å². The number of para-hydroxylation sites is 1. The van der Waals surface area contributed by atoms with Gasteiger partial charge in [0.15, 0.2) is 5.75 Å². The number of amides is 1. The van der Waals surface area contributed by atoms with Gasteiger partial charge in [-0.2, -0.15) is 0 Å². The van der Waals surface area contributed by atoms with Crippen LogP contribution in [0.4, 0.5) is 10.5 Å². The summed E-state index contributed by atoms with van der Waals surface area (Å²) in [7, 11) is 1.39. The number of hydrogen-bond acceptors (Lipinski definition) is 4. The van der Waals surface area contributed by atoms with E-state index < -0.39 is 6.09 Å². The van der Waals surface area contributed by atoms with Gasteiger partial charge in [0, 0.05) is 17.1 Å². The molecule has 2 aliphatic heterocycles. The average molecular weight is 373 g/mol. The van der Waals surface area contributed by atoms with Crippen molar-refractivity contribution in [3.05, 3.63) is 53.1 Å². The van der Waals surface area contributed by atoms with Gasteiger partial charge in [0.1, 0.15) is 5.75 Å². The monoisotopic (exact) mass is 372 g/mol. The van der Waals surface area contributed by atoms with Gasteiger partial charge in [0.25, 0.3) is 0 Å². The zero-order valence-electron chi connectivity index (χ0n) is 14.7. The highest BCUT2D eigenvalue weighted by atomic mass is 35.5. The van der Waals surface area contributed by atoms with Crippen molar-refractivity contribution in [2.24, 2.45) is 5.92 Å². The van der Waals surface area contributed by atoms with Crippen molar-refractivity contribution in [3.8, 4) is 11.5 Å². The van der Waals surface area contributed by atoms with Gasteiger partial charge in [-0.1, -0.05) is 36.7 Å². The molecule has 2 aliphatic rings. The Morgan fingerprint density at radius 1 is 1.27 bits per heavy atom. The van der Waals surface area contributed by atoms with Crippen LogP contribution in [0, 0.1) is 5.92 Å². The second-order valence-corrected chi connectivity index (χ2v) is 7.25. The first-order valence-corrected chi connectivity index (χ1v) is 9.13. The quantitative estimate of drug-likeness (QED) is 0.784. The number of fused-ring (bicyclic) bond motifs is 5. The van der Waals surface area contributed by atoms with Crippen LogP contribution in [0.1, 0.15) is 24.9 Å². The second kappa shape index (κ2) is 6.72. The first-order chi connectivity index (χ1) is 12.6. The molecule has 0 saturated carbocycles. The summed E-state index contributed by atoms with van der Waals surface area (Å²) >= 11 is 6.27. The summed E-state index contributed by atoms with van der Waals surface area (Å²) < 4.78 is 11.1. The minimum Gasteiger partial charge on any atom is -0.455 e. The average Bonchev–Trinajstić information content (AvgIpc) is 2.78. The van der Waals surface area contributed by atoms with Crippen molar-refractivity contribution < 1.29 is 14.3 Å². The van der Waals surface area contributed by atoms with Crippen LogP contribution in [0.25, 0.3) is 0 Å². The molecule has 5 nitrogen and oxygen atoms in total. The van der Waals surface area contributed by atoms with Crippen LogP contribution in [-0.4, -0.2) is 25.8 Å². The molecule has 136 valence electrons. The molecule has 0 bridgehead atoms. The third-order valence-corrected chi connectivity index (χ3v) is 5.51. The molecule has 6 heteroatoms. The number of rotatable bonds is 1. The summed E-state index contributed by atoms with van der Waals surface area (Å²) in [5.41, 5.74) is 2.00. The molecule has 0 aromatic heterocycles. The highest BCUT2D eigenvalue weighted by molar-refractivity contribution is 6.31. The molecule has 0 radical (unpaired) electrons. The topological polar surface area (TPSA) is 50.8 Å². The van der Waals surface area contributed by atoms with Crippen molar-refractivity contribution in [1.29, 1.82) is 0 Å². The van der Waals surface area contributed by atoms with Gasteiger partial charge in [-0.3, -0.25) is 0 Å². The number of anilines is 1. The number of ether oxygens (including phenoxy) is 2. The third kappa shape index (κ3) is 2.86. The second-order valence-electron chi connectivity index (χ2n) is 6.82. The molecular formula is C20H21ClN2O3. The number of halogens is 1. The number of carbonyl (C=O) groups is 1. The van der Waals surface area contributed by atoms with Gasteiger partial charge in [-0.15, -0.1) is 0 Å². The molecule has 2 aromatic carbocycles. The molecule has 0 spiro atoms. The lowest BCUT2D eigenvalue weighted by Crippen LogP contribution is -2.53. The van der Waals surface area contributed by atoms with E-state index >= 15 is 0 Å². The fraction of sp³-hybridized carbons (Fsp3) is 0.350. The summed E-state index contributed by atoms with van der Waals surface area (Å²) in [5.74, 6) is 1.87. The fourth-order valence-corrected chi connectivity index (χ4v) is 4.12. The Morgan fingerprint density at radius 3 is 2.88 bits per heavy atom. The van der Waals surface area contributed by atoms with Crippen LogP contribution in [-0.2, 0) is 4.74 Å². The number of piperidine rings is 1. The van der Waals surface area contributed by atoms with Gasteiger partial charge in [0.2, 0.25) is 0 Å². The predicted octanol–water partition coefficient (Wildman–Crippen LogP) is 4.76. The summed E-state index contributed by atoms with van der Waals surface area (Å²) in [5, 5.41) is 3.70. The van der Waals surface area contributed by atoms with Crippen molar-refractivity contribution >= 4 is 23.4 Å². The molecule has 2 aromatic rings. The summed E-state index contributed by atoms with van der Waals surface area (Å²) in [4.78, 5) is 14.3. The number of nitrogens with zero attached hydrogens (tertiary/aromatic N) is 1. The maximum absolute atomic E-state index is 12.0. The molecule has 26 heavy (non-hydrogen) atoms. The number of hydrogen-bond donors (Lipinski definition) is 1. The van der Waals surface area contributed by atoms with E-state index in [0.717, 1.165) is 35.7 Å². The van der Waals surface area contributed by atoms with Gasteiger partial charge in [-0.05, 0) is 36.6 Å². The predicted molar refractivity (Wildman–Crippen MR) is 101 cm³/mol. The van der Waals surface area contributed by atoms with E-state index in [2.05, 4.69) is 23.2 Å².